The minimum atomic E-state index is -0.220. The number of carbonyl (C=O) groups is 1. The molecule has 7 nitrogen and oxygen atoms in total. The Hall–Kier alpha value is -3.48. The van der Waals surface area contributed by atoms with Crippen LogP contribution in [0.1, 0.15) is 16.1 Å². The fourth-order valence-electron chi connectivity index (χ4n) is 2.68. The van der Waals surface area contributed by atoms with E-state index < -0.39 is 0 Å². The number of fused-ring (bicyclic) bond motifs is 1. The van der Waals surface area contributed by atoms with E-state index in [4.69, 9.17) is 0 Å². The van der Waals surface area contributed by atoms with Crippen molar-refractivity contribution < 1.29 is 4.79 Å². The molecule has 4 aromatic heterocycles. The van der Waals surface area contributed by atoms with E-state index in [1.165, 1.54) is 0 Å². The van der Waals surface area contributed by atoms with Crippen molar-refractivity contribution in [3.05, 3.63) is 72.7 Å². The summed E-state index contributed by atoms with van der Waals surface area (Å²) < 4.78 is 3.73. The lowest BCUT2D eigenvalue weighted by molar-refractivity contribution is 0.0948. The van der Waals surface area contributed by atoms with Gasteiger partial charge < -0.3 is 9.88 Å². The lowest BCUT2D eigenvalue weighted by Gasteiger charge is -2.03. The molecule has 0 radical (unpaired) electrons. The first-order chi connectivity index (χ1) is 12.2. The van der Waals surface area contributed by atoms with Crippen molar-refractivity contribution >= 4 is 11.4 Å². The van der Waals surface area contributed by atoms with Gasteiger partial charge in [-0.1, -0.05) is 6.07 Å². The highest BCUT2D eigenvalue weighted by atomic mass is 16.1. The summed E-state index contributed by atoms with van der Waals surface area (Å²) in [5.41, 5.74) is 2.83. The van der Waals surface area contributed by atoms with Crippen LogP contribution in [0.25, 0.3) is 17.0 Å². The van der Waals surface area contributed by atoms with Crippen LogP contribution in [0.15, 0.2) is 61.4 Å². The second-order valence-electron chi connectivity index (χ2n) is 5.70. The first-order valence-electron chi connectivity index (χ1n) is 7.85. The number of rotatable bonds is 4. The monoisotopic (exact) mass is 332 g/mol. The molecule has 1 N–H and O–H groups in total. The Labute approximate surface area is 144 Å². The van der Waals surface area contributed by atoms with E-state index in [2.05, 4.69) is 20.3 Å². The number of pyridine rings is 2. The largest absolute Gasteiger partial charge is 0.347 e. The van der Waals surface area contributed by atoms with Crippen LogP contribution in [0.5, 0.6) is 0 Å². The van der Waals surface area contributed by atoms with Crippen molar-refractivity contribution in [2.45, 2.75) is 6.54 Å². The van der Waals surface area contributed by atoms with Crippen molar-refractivity contribution in [2.75, 3.05) is 0 Å². The molecule has 4 aromatic rings. The third-order valence-corrected chi connectivity index (χ3v) is 3.90. The average molecular weight is 332 g/mol. The SMILES string of the molecule is Cn1cnc(-c2nc(C(=O)NCc3ccncc3)c3ccccn23)c1. The third-order valence-electron chi connectivity index (χ3n) is 3.90. The van der Waals surface area contributed by atoms with Gasteiger partial charge in [0.05, 0.1) is 11.8 Å². The van der Waals surface area contributed by atoms with Gasteiger partial charge in [0.15, 0.2) is 11.5 Å². The number of amides is 1. The van der Waals surface area contributed by atoms with E-state index in [0.717, 1.165) is 16.8 Å². The Bertz CT molecular complexity index is 1030. The molecule has 0 bridgehead atoms. The molecule has 124 valence electrons. The lowest BCUT2D eigenvalue weighted by Crippen LogP contribution is -2.23. The zero-order valence-corrected chi connectivity index (χ0v) is 13.6. The first-order valence-corrected chi connectivity index (χ1v) is 7.85. The topological polar surface area (TPSA) is 77.1 Å². The van der Waals surface area contributed by atoms with Gasteiger partial charge in [0.1, 0.15) is 5.69 Å². The summed E-state index contributed by atoms with van der Waals surface area (Å²) in [5.74, 6) is 0.424. The second-order valence-corrected chi connectivity index (χ2v) is 5.70. The normalized spacial score (nSPS) is 10.9. The van der Waals surface area contributed by atoms with E-state index in [9.17, 15) is 4.79 Å². The van der Waals surface area contributed by atoms with Gasteiger partial charge in [-0.05, 0) is 29.8 Å². The standard InChI is InChI=1S/C18H16N6O/c1-23-11-14(21-12-23)17-22-16(15-4-2-3-9-24(15)17)18(25)20-10-13-5-7-19-8-6-13/h2-9,11-12H,10H2,1H3,(H,20,25). The van der Waals surface area contributed by atoms with Gasteiger partial charge in [-0.15, -0.1) is 0 Å². The molecule has 0 aliphatic rings. The zero-order chi connectivity index (χ0) is 17.2. The molecule has 0 aliphatic carbocycles. The van der Waals surface area contributed by atoms with Gasteiger partial charge >= 0.3 is 0 Å². The maximum absolute atomic E-state index is 12.7. The molecular weight excluding hydrogens is 316 g/mol. The predicted octanol–water partition coefficient (Wildman–Crippen LogP) is 2.06. The number of nitrogens with zero attached hydrogens (tertiary/aromatic N) is 5. The zero-order valence-electron chi connectivity index (χ0n) is 13.6. The van der Waals surface area contributed by atoms with Crippen molar-refractivity contribution in [1.29, 1.82) is 0 Å². The molecule has 4 heterocycles. The molecule has 0 aliphatic heterocycles. The van der Waals surface area contributed by atoms with Crippen molar-refractivity contribution in [3.63, 3.8) is 0 Å². The number of hydrogen-bond donors (Lipinski definition) is 1. The smallest absolute Gasteiger partial charge is 0.272 e. The average Bonchev–Trinajstić information content (AvgIpc) is 3.24. The minimum Gasteiger partial charge on any atom is -0.347 e. The van der Waals surface area contributed by atoms with E-state index in [0.29, 0.717) is 18.1 Å². The Morgan fingerprint density at radius 2 is 2.04 bits per heavy atom. The van der Waals surface area contributed by atoms with E-state index in [1.54, 1.807) is 18.7 Å². The number of imidazole rings is 2. The van der Waals surface area contributed by atoms with Gasteiger partial charge in [0.2, 0.25) is 0 Å². The van der Waals surface area contributed by atoms with E-state index in [1.807, 2.05) is 58.7 Å². The highest BCUT2D eigenvalue weighted by Gasteiger charge is 2.19. The van der Waals surface area contributed by atoms with Crippen molar-refractivity contribution in [2.24, 2.45) is 7.05 Å². The quantitative estimate of drug-likeness (QED) is 0.620. The van der Waals surface area contributed by atoms with E-state index >= 15 is 0 Å². The third kappa shape index (κ3) is 2.87. The molecule has 0 fully saturated rings. The fourth-order valence-corrected chi connectivity index (χ4v) is 2.68. The molecular formula is C18H16N6O. The molecule has 0 saturated carbocycles. The van der Waals surface area contributed by atoms with Crippen molar-refractivity contribution in [1.82, 2.24) is 29.2 Å². The molecule has 0 saturated heterocycles. The molecule has 7 heteroatoms. The van der Waals surface area contributed by atoms with Crippen LogP contribution in [0.4, 0.5) is 0 Å². The maximum Gasteiger partial charge on any atom is 0.272 e. The Kier molecular flexibility index (Phi) is 3.74. The van der Waals surface area contributed by atoms with Crippen LogP contribution in [0.2, 0.25) is 0 Å². The summed E-state index contributed by atoms with van der Waals surface area (Å²) in [4.78, 5) is 25.5. The van der Waals surface area contributed by atoms with E-state index in [-0.39, 0.29) is 5.91 Å². The number of hydrogen-bond acceptors (Lipinski definition) is 4. The van der Waals surface area contributed by atoms with Gasteiger partial charge in [0, 0.05) is 38.4 Å². The summed E-state index contributed by atoms with van der Waals surface area (Å²) >= 11 is 0. The Morgan fingerprint density at radius 1 is 1.20 bits per heavy atom. The van der Waals surface area contributed by atoms with Gasteiger partial charge in [0.25, 0.3) is 5.91 Å². The number of aromatic nitrogens is 5. The number of aryl methyl sites for hydroxylation is 1. The van der Waals surface area contributed by atoms with Gasteiger partial charge in [-0.25, -0.2) is 9.97 Å². The Morgan fingerprint density at radius 3 is 2.80 bits per heavy atom. The summed E-state index contributed by atoms with van der Waals surface area (Å²) in [6.45, 7) is 0.423. The minimum absolute atomic E-state index is 0.220. The first kappa shape index (κ1) is 15.1. The summed E-state index contributed by atoms with van der Waals surface area (Å²) in [5, 5.41) is 2.91. The molecule has 1 amide bonds. The highest BCUT2D eigenvalue weighted by Crippen LogP contribution is 2.21. The van der Waals surface area contributed by atoms with Crippen LogP contribution in [-0.2, 0) is 13.6 Å². The molecule has 4 rings (SSSR count). The molecule has 0 spiro atoms. The van der Waals surface area contributed by atoms with Crippen LogP contribution in [0, 0.1) is 0 Å². The summed E-state index contributed by atoms with van der Waals surface area (Å²) in [6, 6.07) is 9.40. The van der Waals surface area contributed by atoms with Gasteiger partial charge in [-0.3, -0.25) is 14.2 Å². The van der Waals surface area contributed by atoms with Crippen molar-refractivity contribution in [3.8, 4) is 11.5 Å². The number of carbonyl (C=O) groups excluding carboxylic acids is 1. The van der Waals surface area contributed by atoms with Crippen LogP contribution >= 0.6 is 0 Å². The predicted molar refractivity (Wildman–Crippen MR) is 92.8 cm³/mol. The maximum atomic E-state index is 12.7. The molecule has 25 heavy (non-hydrogen) atoms. The Balaban J connectivity index is 1.68. The fraction of sp³-hybridized carbons (Fsp3) is 0.111. The number of nitrogens with one attached hydrogen (secondary N) is 1. The summed E-state index contributed by atoms with van der Waals surface area (Å²) in [7, 11) is 1.90. The highest BCUT2D eigenvalue weighted by molar-refractivity contribution is 5.99. The van der Waals surface area contributed by atoms with Crippen LogP contribution in [-0.4, -0.2) is 29.8 Å². The molecule has 0 atom stereocenters. The van der Waals surface area contributed by atoms with Crippen LogP contribution in [0.3, 0.4) is 0 Å². The van der Waals surface area contributed by atoms with Crippen LogP contribution < -0.4 is 5.32 Å². The van der Waals surface area contributed by atoms with Gasteiger partial charge in [-0.2, -0.15) is 0 Å². The lowest BCUT2D eigenvalue weighted by atomic mass is 10.2. The molecule has 0 unspecified atom stereocenters. The summed E-state index contributed by atoms with van der Waals surface area (Å²) in [6.07, 6.45) is 8.87. The second kappa shape index (κ2) is 6.20. The molecule has 0 aromatic carbocycles.